The van der Waals surface area contributed by atoms with E-state index in [-0.39, 0.29) is 6.03 Å². The third kappa shape index (κ3) is 4.19. The second-order valence-electron chi connectivity index (χ2n) is 5.24. The Kier molecular flexibility index (Phi) is 5.75. The van der Waals surface area contributed by atoms with Gasteiger partial charge < -0.3 is 15.0 Å². The number of hydrogen-bond acceptors (Lipinski definition) is 2. The van der Waals surface area contributed by atoms with E-state index in [9.17, 15) is 4.79 Å². The number of rotatable bonds is 4. The average molecular weight is 242 g/mol. The van der Waals surface area contributed by atoms with Gasteiger partial charge in [0.25, 0.3) is 0 Å². The zero-order valence-electron chi connectivity index (χ0n) is 11.5. The Labute approximate surface area is 105 Å². The van der Waals surface area contributed by atoms with Crippen molar-refractivity contribution in [1.29, 1.82) is 0 Å². The van der Waals surface area contributed by atoms with Gasteiger partial charge in [0.05, 0.1) is 6.61 Å². The molecule has 0 saturated heterocycles. The van der Waals surface area contributed by atoms with Gasteiger partial charge in [-0.15, -0.1) is 0 Å². The number of nitrogens with one attached hydrogen (secondary N) is 1. The van der Waals surface area contributed by atoms with Gasteiger partial charge in [-0.3, -0.25) is 0 Å². The first-order chi connectivity index (χ1) is 8.06. The first-order valence-corrected chi connectivity index (χ1v) is 6.56. The van der Waals surface area contributed by atoms with Crippen LogP contribution in [0.4, 0.5) is 4.79 Å². The van der Waals surface area contributed by atoms with E-state index in [0.717, 1.165) is 6.42 Å². The van der Waals surface area contributed by atoms with E-state index in [4.69, 9.17) is 4.74 Å². The number of carbonyl (C=O) groups excluding carboxylic acids is 1. The summed E-state index contributed by atoms with van der Waals surface area (Å²) in [7, 11) is 3.46. The minimum absolute atomic E-state index is 0.0213. The van der Waals surface area contributed by atoms with E-state index in [1.54, 1.807) is 12.0 Å². The van der Waals surface area contributed by atoms with Gasteiger partial charge in [0, 0.05) is 26.7 Å². The lowest BCUT2D eigenvalue weighted by molar-refractivity contribution is 0.148. The van der Waals surface area contributed by atoms with Crippen LogP contribution in [-0.2, 0) is 4.74 Å². The summed E-state index contributed by atoms with van der Waals surface area (Å²) in [4.78, 5) is 13.6. The fourth-order valence-corrected chi connectivity index (χ4v) is 2.38. The third-order valence-corrected chi connectivity index (χ3v) is 3.99. The maximum absolute atomic E-state index is 11.9. The number of carbonyl (C=O) groups is 1. The Morgan fingerprint density at radius 1 is 1.41 bits per heavy atom. The van der Waals surface area contributed by atoms with Crippen LogP contribution in [-0.4, -0.2) is 44.3 Å². The van der Waals surface area contributed by atoms with Crippen molar-refractivity contribution in [3.05, 3.63) is 0 Å². The van der Waals surface area contributed by atoms with Crippen molar-refractivity contribution in [2.24, 2.45) is 11.8 Å². The van der Waals surface area contributed by atoms with Gasteiger partial charge in [0.2, 0.25) is 0 Å². The molecule has 3 atom stereocenters. The lowest BCUT2D eigenvalue weighted by atomic mass is 9.78. The summed E-state index contributed by atoms with van der Waals surface area (Å²) in [6.07, 6.45) is 3.61. The van der Waals surface area contributed by atoms with Crippen LogP contribution in [0.3, 0.4) is 0 Å². The molecule has 4 heteroatoms. The highest BCUT2D eigenvalue weighted by Crippen LogP contribution is 2.29. The van der Waals surface area contributed by atoms with Crippen molar-refractivity contribution >= 4 is 6.03 Å². The molecule has 2 amide bonds. The van der Waals surface area contributed by atoms with Crippen molar-refractivity contribution in [3.63, 3.8) is 0 Å². The Morgan fingerprint density at radius 2 is 2.12 bits per heavy atom. The van der Waals surface area contributed by atoms with E-state index < -0.39 is 0 Å². The second kappa shape index (κ2) is 6.84. The molecule has 1 fully saturated rings. The highest BCUT2D eigenvalue weighted by molar-refractivity contribution is 5.74. The smallest absolute Gasteiger partial charge is 0.317 e. The van der Waals surface area contributed by atoms with E-state index in [1.807, 2.05) is 7.05 Å². The SMILES string of the molecule is COCCN(C)C(=O)N[C@@H]1CCC[C@@H](C)[C@@H]1C. The molecule has 1 saturated carbocycles. The standard InChI is InChI=1S/C13H26N2O2/c1-10-6-5-7-12(11(10)2)14-13(16)15(3)8-9-17-4/h10-12H,5-9H2,1-4H3,(H,14,16)/t10-,11+,12-/m1/s1. The maximum atomic E-state index is 11.9. The number of nitrogens with zero attached hydrogens (tertiary/aromatic N) is 1. The Hall–Kier alpha value is -0.770. The lowest BCUT2D eigenvalue weighted by Gasteiger charge is -2.35. The Morgan fingerprint density at radius 3 is 2.76 bits per heavy atom. The monoisotopic (exact) mass is 242 g/mol. The van der Waals surface area contributed by atoms with Crippen molar-refractivity contribution in [3.8, 4) is 0 Å². The first kappa shape index (κ1) is 14.3. The van der Waals surface area contributed by atoms with Crippen LogP contribution >= 0.6 is 0 Å². The van der Waals surface area contributed by atoms with Crippen LogP contribution in [0.15, 0.2) is 0 Å². The summed E-state index contributed by atoms with van der Waals surface area (Å²) < 4.78 is 4.97. The molecule has 0 heterocycles. The molecule has 0 aromatic heterocycles. The molecule has 1 N–H and O–H groups in total. The van der Waals surface area contributed by atoms with E-state index in [2.05, 4.69) is 19.2 Å². The minimum atomic E-state index is 0.0213. The molecule has 1 rings (SSSR count). The van der Waals surface area contributed by atoms with Gasteiger partial charge in [-0.2, -0.15) is 0 Å². The molecule has 1 aliphatic carbocycles. The van der Waals surface area contributed by atoms with Gasteiger partial charge in [-0.25, -0.2) is 4.79 Å². The van der Waals surface area contributed by atoms with Crippen molar-refractivity contribution < 1.29 is 9.53 Å². The number of ether oxygens (including phenoxy) is 1. The topological polar surface area (TPSA) is 41.6 Å². The molecule has 4 nitrogen and oxygen atoms in total. The average Bonchev–Trinajstić information content (AvgIpc) is 2.31. The third-order valence-electron chi connectivity index (χ3n) is 3.99. The molecule has 100 valence electrons. The molecule has 0 aliphatic heterocycles. The summed E-state index contributed by atoms with van der Waals surface area (Å²) in [5, 5.41) is 3.14. The van der Waals surface area contributed by atoms with Gasteiger partial charge in [-0.1, -0.05) is 26.7 Å². The molecule has 0 aromatic carbocycles. The van der Waals surface area contributed by atoms with Crippen molar-refractivity contribution in [2.45, 2.75) is 39.2 Å². The quantitative estimate of drug-likeness (QED) is 0.820. The van der Waals surface area contributed by atoms with E-state index in [0.29, 0.717) is 31.0 Å². The zero-order chi connectivity index (χ0) is 12.8. The van der Waals surface area contributed by atoms with Crippen molar-refractivity contribution in [1.82, 2.24) is 10.2 Å². The molecule has 0 unspecified atom stereocenters. The van der Waals surface area contributed by atoms with E-state index >= 15 is 0 Å². The van der Waals surface area contributed by atoms with Crippen LogP contribution in [0.25, 0.3) is 0 Å². The summed E-state index contributed by atoms with van der Waals surface area (Å²) in [6.45, 7) is 5.74. The largest absolute Gasteiger partial charge is 0.383 e. The number of hydrogen-bond donors (Lipinski definition) is 1. The molecule has 0 spiro atoms. The summed E-state index contributed by atoms with van der Waals surface area (Å²) in [5.74, 6) is 1.28. The van der Waals surface area contributed by atoms with E-state index in [1.165, 1.54) is 12.8 Å². The number of amides is 2. The summed E-state index contributed by atoms with van der Waals surface area (Å²) in [6, 6.07) is 0.351. The second-order valence-corrected chi connectivity index (χ2v) is 5.24. The van der Waals surface area contributed by atoms with Gasteiger partial charge in [-0.05, 0) is 18.3 Å². The highest BCUT2D eigenvalue weighted by Gasteiger charge is 2.28. The zero-order valence-corrected chi connectivity index (χ0v) is 11.5. The van der Waals surface area contributed by atoms with Gasteiger partial charge >= 0.3 is 6.03 Å². The van der Waals surface area contributed by atoms with Gasteiger partial charge in [0.15, 0.2) is 0 Å². The van der Waals surface area contributed by atoms with Gasteiger partial charge in [0.1, 0.15) is 0 Å². The lowest BCUT2D eigenvalue weighted by Crippen LogP contribution is -2.48. The van der Waals surface area contributed by atoms with Crippen LogP contribution in [0.1, 0.15) is 33.1 Å². The number of likely N-dealkylation sites (N-methyl/N-ethyl adjacent to an activating group) is 1. The fraction of sp³-hybridized carbons (Fsp3) is 0.923. The first-order valence-electron chi connectivity index (χ1n) is 6.56. The number of urea groups is 1. The molecule has 0 bridgehead atoms. The Bertz CT molecular complexity index is 246. The van der Waals surface area contributed by atoms with Crippen LogP contribution < -0.4 is 5.32 Å². The molecule has 1 aliphatic rings. The molecule has 0 aromatic rings. The fourth-order valence-electron chi connectivity index (χ4n) is 2.38. The Balaban J connectivity index is 2.39. The predicted molar refractivity (Wildman–Crippen MR) is 69.0 cm³/mol. The molecular weight excluding hydrogens is 216 g/mol. The molecule has 0 radical (unpaired) electrons. The summed E-state index contributed by atoms with van der Waals surface area (Å²) >= 11 is 0. The van der Waals surface area contributed by atoms with Crippen LogP contribution in [0.2, 0.25) is 0 Å². The molecule has 17 heavy (non-hydrogen) atoms. The normalized spacial score (nSPS) is 28.8. The molecular formula is C13H26N2O2. The number of methoxy groups -OCH3 is 1. The highest BCUT2D eigenvalue weighted by atomic mass is 16.5. The van der Waals surface area contributed by atoms with Crippen LogP contribution in [0, 0.1) is 11.8 Å². The van der Waals surface area contributed by atoms with Crippen LogP contribution in [0.5, 0.6) is 0 Å². The van der Waals surface area contributed by atoms with Crippen molar-refractivity contribution in [2.75, 3.05) is 27.3 Å². The minimum Gasteiger partial charge on any atom is -0.383 e. The maximum Gasteiger partial charge on any atom is 0.317 e. The predicted octanol–water partition coefficient (Wildman–Crippen LogP) is 2.10. The summed E-state index contributed by atoms with van der Waals surface area (Å²) in [5.41, 5.74) is 0.